The van der Waals surface area contributed by atoms with Crippen molar-refractivity contribution in [2.45, 2.75) is 32.7 Å². The van der Waals surface area contributed by atoms with Crippen molar-refractivity contribution in [2.75, 3.05) is 32.2 Å². The highest BCUT2D eigenvalue weighted by Gasteiger charge is 2.26. The molecule has 4 N–H and O–H groups in total. The number of hydrogen-bond donors (Lipinski definition) is 3. The SMILES string of the molecule is CCC(CC)Nc1sc(C(=O)N(C)C)c(N)c1C(=O)NC. The number of carbonyl (C=O) groups is 2. The van der Waals surface area contributed by atoms with E-state index in [9.17, 15) is 9.59 Å². The van der Waals surface area contributed by atoms with Crippen LogP contribution in [0, 0.1) is 0 Å². The molecule has 0 aromatic carbocycles. The van der Waals surface area contributed by atoms with E-state index in [0.29, 0.717) is 15.4 Å². The predicted molar refractivity (Wildman–Crippen MR) is 88.1 cm³/mol. The summed E-state index contributed by atoms with van der Waals surface area (Å²) in [4.78, 5) is 26.1. The zero-order valence-corrected chi connectivity index (χ0v) is 14.1. The molecule has 1 heterocycles. The second kappa shape index (κ2) is 7.31. The van der Waals surface area contributed by atoms with Crippen molar-refractivity contribution in [1.29, 1.82) is 0 Å². The molecular formula is C14H24N4O2S. The van der Waals surface area contributed by atoms with E-state index >= 15 is 0 Å². The minimum Gasteiger partial charge on any atom is -0.397 e. The maximum atomic E-state index is 12.2. The summed E-state index contributed by atoms with van der Waals surface area (Å²) in [6.07, 6.45) is 1.86. The Morgan fingerprint density at radius 2 is 1.86 bits per heavy atom. The second-order valence-corrected chi connectivity index (χ2v) is 6.01. The van der Waals surface area contributed by atoms with Gasteiger partial charge in [-0.25, -0.2) is 0 Å². The molecule has 21 heavy (non-hydrogen) atoms. The minimum absolute atomic E-state index is 0.194. The lowest BCUT2D eigenvalue weighted by molar-refractivity contribution is 0.0833. The first-order chi connectivity index (χ1) is 9.87. The van der Waals surface area contributed by atoms with Gasteiger partial charge in [0, 0.05) is 27.2 Å². The first-order valence-corrected chi connectivity index (χ1v) is 7.81. The van der Waals surface area contributed by atoms with E-state index in [-0.39, 0.29) is 23.5 Å². The van der Waals surface area contributed by atoms with Crippen molar-refractivity contribution >= 4 is 33.8 Å². The molecule has 0 atom stereocenters. The first kappa shape index (κ1) is 17.3. The highest BCUT2D eigenvalue weighted by Crippen LogP contribution is 2.37. The van der Waals surface area contributed by atoms with Gasteiger partial charge in [-0.15, -0.1) is 11.3 Å². The Balaban J connectivity index is 3.30. The maximum Gasteiger partial charge on any atom is 0.265 e. The zero-order valence-electron chi connectivity index (χ0n) is 13.2. The van der Waals surface area contributed by atoms with Gasteiger partial charge in [0.25, 0.3) is 11.8 Å². The van der Waals surface area contributed by atoms with E-state index in [1.54, 1.807) is 21.1 Å². The van der Waals surface area contributed by atoms with E-state index in [4.69, 9.17) is 5.73 Å². The topological polar surface area (TPSA) is 87.5 Å². The fourth-order valence-electron chi connectivity index (χ4n) is 1.94. The number of anilines is 2. The first-order valence-electron chi connectivity index (χ1n) is 6.99. The molecule has 0 fully saturated rings. The van der Waals surface area contributed by atoms with Crippen LogP contribution >= 0.6 is 11.3 Å². The lowest BCUT2D eigenvalue weighted by atomic mass is 10.1. The van der Waals surface area contributed by atoms with Crippen molar-refractivity contribution in [1.82, 2.24) is 10.2 Å². The number of nitrogens with zero attached hydrogens (tertiary/aromatic N) is 1. The largest absolute Gasteiger partial charge is 0.397 e. The molecule has 0 aliphatic carbocycles. The Hall–Kier alpha value is -1.76. The summed E-state index contributed by atoms with van der Waals surface area (Å²) in [5, 5.41) is 6.56. The van der Waals surface area contributed by atoms with Crippen molar-refractivity contribution in [3.05, 3.63) is 10.4 Å². The van der Waals surface area contributed by atoms with Crippen LogP contribution in [0.25, 0.3) is 0 Å². The Morgan fingerprint density at radius 1 is 1.29 bits per heavy atom. The molecule has 0 saturated carbocycles. The van der Waals surface area contributed by atoms with Crippen LogP contribution in [0.15, 0.2) is 0 Å². The Kier molecular flexibility index (Phi) is 6.02. The summed E-state index contributed by atoms with van der Waals surface area (Å²) >= 11 is 1.24. The summed E-state index contributed by atoms with van der Waals surface area (Å²) in [5.74, 6) is -0.477. The average Bonchev–Trinajstić information content (AvgIpc) is 2.79. The quantitative estimate of drug-likeness (QED) is 0.749. The minimum atomic E-state index is -0.282. The molecule has 0 aliphatic rings. The summed E-state index contributed by atoms with van der Waals surface area (Å²) in [7, 11) is 4.87. The summed E-state index contributed by atoms with van der Waals surface area (Å²) in [5.41, 5.74) is 6.64. The number of nitrogens with two attached hydrogens (primary N) is 1. The number of hydrogen-bond acceptors (Lipinski definition) is 5. The summed E-state index contributed by atoms with van der Waals surface area (Å²) in [6.45, 7) is 4.15. The molecule has 2 amide bonds. The van der Waals surface area contributed by atoms with E-state index < -0.39 is 0 Å². The molecule has 0 unspecified atom stereocenters. The van der Waals surface area contributed by atoms with Gasteiger partial charge in [0.2, 0.25) is 0 Å². The van der Waals surface area contributed by atoms with Gasteiger partial charge in [-0.05, 0) is 12.8 Å². The van der Waals surface area contributed by atoms with Crippen molar-refractivity contribution in [2.24, 2.45) is 0 Å². The zero-order chi connectivity index (χ0) is 16.2. The van der Waals surface area contributed by atoms with Crippen molar-refractivity contribution in [3.63, 3.8) is 0 Å². The van der Waals surface area contributed by atoms with Crippen LogP contribution in [0.5, 0.6) is 0 Å². The van der Waals surface area contributed by atoms with Gasteiger partial charge in [-0.2, -0.15) is 0 Å². The Bertz CT molecular complexity index is 521. The highest BCUT2D eigenvalue weighted by molar-refractivity contribution is 7.19. The van der Waals surface area contributed by atoms with Gasteiger partial charge in [-0.3, -0.25) is 9.59 Å². The van der Waals surface area contributed by atoms with Crippen LogP contribution in [-0.2, 0) is 0 Å². The van der Waals surface area contributed by atoms with Crippen LogP contribution < -0.4 is 16.4 Å². The lowest BCUT2D eigenvalue weighted by Gasteiger charge is -2.15. The second-order valence-electron chi connectivity index (χ2n) is 4.99. The standard InChI is InChI=1S/C14H24N4O2S/c1-6-8(7-2)17-13-9(12(19)16-3)10(15)11(21-13)14(20)18(4)5/h8,17H,6-7,15H2,1-5H3,(H,16,19). The van der Waals surface area contributed by atoms with Gasteiger partial charge in [0.1, 0.15) is 9.88 Å². The third kappa shape index (κ3) is 3.66. The third-order valence-corrected chi connectivity index (χ3v) is 4.45. The fraction of sp³-hybridized carbons (Fsp3) is 0.571. The molecule has 1 aromatic heterocycles. The van der Waals surface area contributed by atoms with E-state index in [0.717, 1.165) is 12.8 Å². The van der Waals surface area contributed by atoms with Gasteiger partial charge >= 0.3 is 0 Å². The van der Waals surface area contributed by atoms with Gasteiger partial charge in [-0.1, -0.05) is 13.8 Å². The summed E-state index contributed by atoms with van der Waals surface area (Å²) < 4.78 is 0. The van der Waals surface area contributed by atoms with Crippen LogP contribution in [0.3, 0.4) is 0 Å². The maximum absolute atomic E-state index is 12.2. The smallest absolute Gasteiger partial charge is 0.265 e. The molecule has 0 bridgehead atoms. The molecular weight excluding hydrogens is 288 g/mol. The van der Waals surface area contributed by atoms with Crippen molar-refractivity contribution in [3.8, 4) is 0 Å². The highest BCUT2D eigenvalue weighted by atomic mass is 32.1. The van der Waals surface area contributed by atoms with E-state index in [1.807, 2.05) is 0 Å². The average molecular weight is 312 g/mol. The Morgan fingerprint density at radius 3 is 2.29 bits per heavy atom. The van der Waals surface area contributed by atoms with Crippen LogP contribution in [0.1, 0.15) is 46.7 Å². The number of rotatable bonds is 6. The molecule has 7 heteroatoms. The third-order valence-electron chi connectivity index (χ3n) is 3.32. The normalized spacial score (nSPS) is 10.6. The molecule has 0 aliphatic heterocycles. The van der Waals surface area contributed by atoms with Crippen LogP contribution in [-0.4, -0.2) is 43.9 Å². The molecule has 118 valence electrons. The molecule has 6 nitrogen and oxygen atoms in total. The van der Waals surface area contributed by atoms with Gasteiger partial charge in [0.15, 0.2) is 0 Å². The summed E-state index contributed by atoms with van der Waals surface area (Å²) in [6, 6.07) is 0.244. The molecule has 0 spiro atoms. The number of nitrogens with one attached hydrogen (secondary N) is 2. The molecule has 0 radical (unpaired) electrons. The van der Waals surface area contributed by atoms with Gasteiger partial charge < -0.3 is 21.3 Å². The van der Waals surface area contributed by atoms with Crippen molar-refractivity contribution < 1.29 is 9.59 Å². The molecule has 0 saturated heterocycles. The predicted octanol–water partition coefficient (Wildman–Crippen LogP) is 1.99. The molecule has 1 rings (SSSR count). The Labute approximate surface area is 129 Å². The van der Waals surface area contributed by atoms with Crippen LogP contribution in [0.2, 0.25) is 0 Å². The number of carbonyl (C=O) groups excluding carboxylic acids is 2. The van der Waals surface area contributed by atoms with E-state index in [2.05, 4.69) is 24.5 Å². The van der Waals surface area contributed by atoms with E-state index in [1.165, 1.54) is 16.2 Å². The fourth-order valence-corrected chi connectivity index (χ4v) is 3.15. The van der Waals surface area contributed by atoms with Crippen LogP contribution in [0.4, 0.5) is 10.7 Å². The number of amides is 2. The monoisotopic (exact) mass is 312 g/mol. The molecule has 1 aromatic rings. The number of thiophene rings is 1. The number of nitrogen functional groups attached to an aromatic ring is 1. The lowest BCUT2D eigenvalue weighted by Crippen LogP contribution is -2.24. The van der Waals surface area contributed by atoms with Gasteiger partial charge in [0.05, 0.1) is 11.3 Å².